The maximum Gasteiger partial charge on any atom is 0.140 e. The number of aromatic nitrogens is 4. The van der Waals surface area contributed by atoms with Crippen LogP contribution in [0.25, 0.3) is 11.0 Å². The Morgan fingerprint density at radius 1 is 1.38 bits per heavy atom. The van der Waals surface area contributed by atoms with Crippen LogP contribution in [0, 0.1) is 5.92 Å². The highest BCUT2D eigenvalue weighted by Crippen LogP contribution is 2.35. The lowest BCUT2D eigenvalue weighted by Crippen LogP contribution is -2.01. The topological polar surface area (TPSA) is 52.8 Å². The summed E-state index contributed by atoms with van der Waals surface area (Å²) in [5, 5.41) is 11.4. The van der Waals surface area contributed by atoms with Gasteiger partial charge in [0.1, 0.15) is 22.9 Å². The van der Waals surface area contributed by atoms with Gasteiger partial charge in [0.05, 0.1) is 9.99 Å². The first-order valence-electron chi connectivity index (χ1n) is 6.84. The van der Waals surface area contributed by atoms with Gasteiger partial charge in [-0.15, -0.1) is 16.4 Å². The van der Waals surface area contributed by atoms with Crippen LogP contribution in [0.1, 0.15) is 17.8 Å². The molecule has 1 aliphatic rings. The minimum atomic E-state index is 0.470. The molecule has 0 spiro atoms. The number of fused-ring (bicyclic) bond motifs is 1. The lowest BCUT2D eigenvalue weighted by molar-refractivity contribution is 0.304. The predicted molar refractivity (Wildman–Crippen MR) is 84.4 cm³/mol. The summed E-state index contributed by atoms with van der Waals surface area (Å²) < 4.78 is 8.66. The number of ether oxygens (including phenoxy) is 1. The van der Waals surface area contributed by atoms with Gasteiger partial charge in [0.25, 0.3) is 0 Å². The molecule has 3 aromatic rings. The molecule has 0 amide bonds. The Bertz CT molecular complexity index is 767. The zero-order chi connectivity index (χ0) is 14.2. The van der Waals surface area contributed by atoms with Gasteiger partial charge >= 0.3 is 0 Å². The van der Waals surface area contributed by atoms with Crippen molar-refractivity contribution in [3.8, 4) is 5.75 Å². The Labute approximate surface area is 134 Å². The SMILES string of the molecule is Brc1c(OCc2nccs2)ccc2c1nnn2CC1CC1. The van der Waals surface area contributed by atoms with Gasteiger partial charge in [0, 0.05) is 18.1 Å². The Kier molecular flexibility index (Phi) is 3.39. The first kappa shape index (κ1) is 13.2. The third-order valence-corrected chi connectivity index (χ3v) is 5.07. The Morgan fingerprint density at radius 2 is 2.29 bits per heavy atom. The summed E-state index contributed by atoms with van der Waals surface area (Å²) in [7, 11) is 0. The van der Waals surface area contributed by atoms with E-state index >= 15 is 0 Å². The molecular formula is C14H13BrN4OS. The summed E-state index contributed by atoms with van der Waals surface area (Å²) in [5.41, 5.74) is 1.91. The average molecular weight is 365 g/mol. The van der Waals surface area contributed by atoms with Crippen LogP contribution in [-0.2, 0) is 13.2 Å². The largest absolute Gasteiger partial charge is 0.485 e. The summed E-state index contributed by atoms with van der Waals surface area (Å²) in [6, 6.07) is 3.99. The summed E-state index contributed by atoms with van der Waals surface area (Å²) in [5.74, 6) is 1.55. The first-order valence-corrected chi connectivity index (χ1v) is 8.51. The van der Waals surface area contributed by atoms with Crippen molar-refractivity contribution in [2.45, 2.75) is 26.0 Å². The van der Waals surface area contributed by atoms with E-state index in [1.807, 2.05) is 22.2 Å². The molecule has 1 aliphatic carbocycles. The molecule has 2 heterocycles. The fraction of sp³-hybridized carbons (Fsp3) is 0.357. The van der Waals surface area contributed by atoms with Crippen molar-refractivity contribution in [2.75, 3.05) is 0 Å². The van der Waals surface area contributed by atoms with E-state index in [4.69, 9.17) is 4.74 Å². The molecular weight excluding hydrogens is 352 g/mol. The summed E-state index contributed by atoms with van der Waals surface area (Å²) in [6.45, 7) is 1.43. The molecule has 108 valence electrons. The number of hydrogen-bond acceptors (Lipinski definition) is 5. The molecule has 0 saturated heterocycles. The Morgan fingerprint density at radius 3 is 3.05 bits per heavy atom. The molecule has 1 saturated carbocycles. The second-order valence-electron chi connectivity index (χ2n) is 5.17. The van der Waals surface area contributed by atoms with Crippen molar-refractivity contribution in [3.63, 3.8) is 0 Å². The number of benzene rings is 1. The van der Waals surface area contributed by atoms with Crippen LogP contribution in [0.2, 0.25) is 0 Å². The van der Waals surface area contributed by atoms with Crippen LogP contribution in [-0.4, -0.2) is 20.0 Å². The van der Waals surface area contributed by atoms with Gasteiger partial charge in [-0.05, 0) is 46.8 Å². The number of rotatable bonds is 5. The minimum absolute atomic E-state index is 0.470. The van der Waals surface area contributed by atoms with Crippen LogP contribution < -0.4 is 4.74 Å². The highest BCUT2D eigenvalue weighted by Gasteiger charge is 2.23. The molecule has 1 aromatic carbocycles. The third kappa shape index (κ3) is 2.67. The van der Waals surface area contributed by atoms with Crippen LogP contribution in [0.15, 0.2) is 28.2 Å². The Balaban J connectivity index is 1.60. The number of nitrogens with zero attached hydrogens (tertiary/aromatic N) is 4. The summed E-state index contributed by atoms with van der Waals surface area (Å²) in [4.78, 5) is 4.21. The smallest absolute Gasteiger partial charge is 0.140 e. The van der Waals surface area contributed by atoms with Crippen LogP contribution in [0.4, 0.5) is 0 Å². The molecule has 0 N–H and O–H groups in total. The van der Waals surface area contributed by atoms with Crippen molar-refractivity contribution in [1.82, 2.24) is 20.0 Å². The zero-order valence-electron chi connectivity index (χ0n) is 11.2. The van der Waals surface area contributed by atoms with Crippen molar-refractivity contribution >= 4 is 38.3 Å². The number of thiazole rings is 1. The highest BCUT2D eigenvalue weighted by molar-refractivity contribution is 9.10. The van der Waals surface area contributed by atoms with E-state index in [1.54, 1.807) is 17.5 Å². The fourth-order valence-electron chi connectivity index (χ4n) is 2.24. The predicted octanol–water partition coefficient (Wildman–Crippen LogP) is 3.64. The highest BCUT2D eigenvalue weighted by atomic mass is 79.9. The van der Waals surface area contributed by atoms with Gasteiger partial charge in [-0.1, -0.05) is 5.21 Å². The van der Waals surface area contributed by atoms with Crippen molar-refractivity contribution in [2.24, 2.45) is 5.92 Å². The maximum atomic E-state index is 5.82. The molecule has 2 aromatic heterocycles. The molecule has 21 heavy (non-hydrogen) atoms. The quantitative estimate of drug-likeness (QED) is 0.693. The monoisotopic (exact) mass is 364 g/mol. The second kappa shape index (κ2) is 5.38. The molecule has 4 rings (SSSR count). The lowest BCUT2D eigenvalue weighted by atomic mass is 10.3. The van der Waals surface area contributed by atoms with E-state index in [-0.39, 0.29) is 0 Å². The molecule has 0 atom stereocenters. The number of halogens is 1. The average Bonchev–Trinajstić information content (AvgIpc) is 2.99. The summed E-state index contributed by atoms with van der Waals surface area (Å²) in [6.07, 6.45) is 4.39. The van der Waals surface area contributed by atoms with E-state index in [0.29, 0.717) is 6.61 Å². The van der Waals surface area contributed by atoms with Gasteiger partial charge in [-0.25, -0.2) is 9.67 Å². The molecule has 7 heteroatoms. The Hall–Kier alpha value is -1.47. The second-order valence-corrected chi connectivity index (χ2v) is 6.95. The zero-order valence-corrected chi connectivity index (χ0v) is 13.6. The van der Waals surface area contributed by atoms with E-state index < -0.39 is 0 Å². The molecule has 1 fully saturated rings. The lowest BCUT2D eigenvalue weighted by Gasteiger charge is -2.07. The van der Waals surface area contributed by atoms with E-state index in [1.165, 1.54) is 12.8 Å². The fourth-order valence-corrected chi connectivity index (χ4v) is 3.30. The molecule has 0 bridgehead atoms. The molecule has 0 radical (unpaired) electrons. The van der Waals surface area contributed by atoms with Crippen LogP contribution in [0.5, 0.6) is 5.75 Å². The first-order chi connectivity index (χ1) is 10.3. The van der Waals surface area contributed by atoms with Crippen LogP contribution >= 0.6 is 27.3 Å². The van der Waals surface area contributed by atoms with Crippen molar-refractivity contribution < 1.29 is 4.74 Å². The van der Waals surface area contributed by atoms with Gasteiger partial charge in [0.15, 0.2) is 0 Å². The van der Waals surface area contributed by atoms with Gasteiger partial charge in [0.2, 0.25) is 0 Å². The minimum Gasteiger partial charge on any atom is -0.485 e. The number of hydrogen-bond donors (Lipinski definition) is 0. The van der Waals surface area contributed by atoms with Gasteiger partial charge in [-0.2, -0.15) is 0 Å². The van der Waals surface area contributed by atoms with E-state index in [9.17, 15) is 0 Å². The van der Waals surface area contributed by atoms with Gasteiger partial charge < -0.3 is 4.74 Å². The molecule has 0 unspecified atom stereocenters. The summed E-state index contributed by atoms with van der Waals surface area (Å²) >= 11 is 5.17. The standard InChI is InChI=1S/C14H13BrN4OS/c15-13-11(20-8-12-16-5-6-21-12)4-3-10-14(13)17-18-19(10)7-9-1-2-9/h3-6,9H,1-2,7-8H2. The maximum absolute atomic E-state index is 5.82. The van der Waals surface area contributed by atoms with Crippen molar-refractivity contribution in [3.05, 3.63) is 33.2 Å². The molecule has 5 nitrogen and oxygen atoms in total. The van der Waals surface area contributed by atoms with E-state index in [2.05, 4.69) is 31.2 Å². The third-order valence-electron chi connectivity index (χ3n) is 3.55. The van der Waals surface area contributed by atoms with Crippen molar-refractivity contribution in [1.29, 1.82) is 0 Å². The molecule has 0 aliphatic heterocycles. The van der Waals surface area contributed by atoms with E-state index in [0.717, 1.165) is 38.7 Å². The van der Waals surface area contributed by atoms with Gasteiger partial charge in [-0.3, -0.25) is 0 Å². The van der Waals surface area contributed by atoms with Crippen LogP contribution in [0.3, 0.4) is 0 Å². The normalized spacial score (nSPS) is 14.7.